The first-order valence-corrected chi connectivity index (χ1v) is 7.88. The number of carboxylic acids is 1. The van der Waals surface area contributed by atoms with Crippen LogP contribution in [-0.4, -0.2) is 35.0 Å². The third kappa shape index (κ3) is 4.71. The molecule has 0 aliphatic carbocycles. The van der Waals surface area contributed by atoms with Crippen LogP contribution in [0.15, 0.2) is 18.2 Å². The molecule has 0 aromatic heterocycles. The second-order valence-electron chi connectivity index (χ2n) is 6.30. The number of nitrogens with one attached hydrogen (secondary N) is 2. The Kier molecular flexibility index (Phi) is 5.43. The third-order valence-corrected chi connectivity index (χ3v) is 3.78. The van der Waals surface area contributed by atoms with Crippen molar-refractivity contribution in [3.63, 3.8) is 0 Å². The largest absolute Gasteiger partial charge is 0.494 e. The van der Waals surface area contributed by atoms with Gasteiger partial charge in [-0.15, -0.1) is 0 Å². The summed E-state index contributed by atoms with van der Waals surface area (Å²) < 4.78 is 5.62. The molecule has 130 valence electrons. The zero-order valence-corrected chi connectivity index (χ0v) is 13.8. The molecule has 3 N–H and O–H groups in total. The summed E-state index contributed by atoms with van der Waals surface area (Å²) >= 11 is 0. The summed E-state index contributed by atoms with van der Waals surface area (Å²) in [4.78, 5) is 34.0. The molecule has 0 saturated heterocycles. The van der Waals surface area contributed by atoms with Crippen LogP contribution in [0.4, 0.5) is 5.69 Å². The van der Waals surface area contributed by atoms with E-state index in [1.807, 2.05) is 12.1 Å². The monoisotopic (exact) mass is 334 g/mol. The fourth-order valence-corrected chi connectivity index (χ4v) is 2.34. The maximum Gasteiger partial charge on any atom is 0.328 e. The lowest BCUT2D eigenvalue weighted by atomic mass is 10.0. The number of hydrogen-bond donors (Lipinski definition) is 3. The standard InChI is InChI=1S/C17H22N2O5/c1-17(2,16(22)23)19-15(21)4-3-9-24-12-6-7-13-11(10-12)5-8-14(20)18-13/h6-7,10H,3-5,8-9H2,1-2H3,(H,18,20)(H,19,21)(H,22,23). The average molecular weight is 334 g/mol. The van der Waals surface area contributed by atoms with Crippen LogP contribution in [0.2, 0.25) is 0 Å². The Balaban J connectivity index is 1.76. The van der Waals surface area contributed by atoms with Gasteiger partial charge in [0.1, 0.15) is 11.3 Å². The molecule has 7 heteroatoms. The smallest absolute Gasteiger partial charge is 0.328 e. The maximum absolute atomic E-state index is 11.7. The molecule has 0 spiro atoms. The van der Waals surface area contributed by atoms with Gasteiger partial charge in [0.05, 0.1) is 6.61 Å². The van der Waals surface area contributed by atoms with Crippen LogP contribution in [0.5, 0.6) is 5.75 Å². The van der Waals surface area contributed by atoms with Crippen molar-refractivity contribution in [2.75, 3.05) is 11.9 Å². The van der Waals surface area contributed by atoms with Gasteiger partial charge in [0.25, 0.3) is 0 Å². The van der Waals surface area contributed by atoms with Crippen molar-refractivity contribution >= 4 is 23.5 Å². The van der Waals surface area contributed by atoms with Gasteiger partial charge in [-0.25, -0.2) is 4.79 Å². The van der Waals surface area contributed by atoms with E-state index < -0.39 is 11.5 Å². The Morgan fingerprint density at radius 3 is 2.79 bits per heavy atom. The molecule has 0 atom stereocenters. The minimum Gasteiger partial charge on any atom is -0.494 e. The van der Waals surface area contributed by atoms with E-state index >= 15 is 0 Å². The fraction of sp³-hybridized carbons (Fsp3) is 0.471. The molecule has 1 aliphatic rings. The van der Waals surface area contributed by atoms with Gasteiger partial charge in [-0.3, -0.25) is 9.59 Å². The van der Waals surface area contributed by atoms with E-state index in [0.717, 1.165) is 11.3 Å². The molecule has 0 fully saturated rings. The van der Waals surface area contributed by atoms with Gasteiger partial charge >= 0.3 is 5.97 Å². The second kappa shape index (κ2) is 7.33. The number of amides is 2. The van der Waals surface area contributed by atoms with Crippen LogP contribution < -0.4 is 15.4 Å². The summed E-state index contributed by atoms with van der Waals surface area (Å²) in [5, 5.41) is 14.2. The molecule has 24 heavy (non-hydrogen) atoms. The van der Waals surface area contributed by atoms with Crippen LogP contribution >= 0.6 is 0 Å². The van der Waals surface area contributed by atoms with Crippen LogP contribution in [0.25, 0.3) is 0 Å². The SMILES string of the molecule is CC(C)(NC(=O)CCCOc1ccc2c(c1)CCC(=O)N2)C(=O)O. The van der Waals surface area contributed by atoms with Crippen molar-refractivity contribution in [3.05, 3.63) is 23.8 Å². The molecule has 0 radical (unpaired) electrons. The normalized spacial score (nSPS) is 13.7. The highest BCUT2D eigenvalue weighted by Crippen LogP contribution is 2.26. The lowest BCUT2D eigenvalue weighted by molar-refractivity contribution is -0.146. The van der Waals surface area contributed by atoms with Gasteiger partial charge in [0.15, 0.2) is 0 Å². The van der Waals surface area contributed by atoms with Crippen LogP contribution in [0.1, 0.15) is 38.7 Å². The van der Waals surface area contributed by atoms with E-state index in [1.165, 1.54) is 13.8 Å². The zero-order chi connectivity index (χ0) is 17.7. The number of fused-ring (bicyclic) bond motifs is 1. The highest BCUT2D eigenvalue weighted by Gasteiger charge is 2.28. The molecule has 0 bridgehead atoms. The summed E-state index contributed by atoms with van der Waals surface area (Å²) in [6.07, 6.45) is 1.83. The van der Waals surface area contributed by atoms with Gasteiger partial charge in [0.2, 0.25) is 11.8 Å². The molecule has 1 heterocycles. The van der Waals surface area contributed by atoms with Crippen molar-refractivity contribution in [1.29, 1.82) is 0 Å². The summed E-state index contributed by atoms with van der Waals surface area (Å²) in [5.74, 6) is -0.685. The van der Waals surface area contributed by atoms with Crippen LogP contribution in [-0.2, 0) is 20.8 Å². The molecule has 7 nitrogen and oxygen atoms in total. The molecule has 1 aliphatic heterocycles. The number of benzene rings is 1. The van der Waals surface area contributed by atoms with Gasteiger partial charge in [-0.2, -0.15) is 0 Å². The van der Waals surface area contributed by atoms with E-state index in [2.05, 4.69) is 10.6 Å². The minimum atomic E-state index is -1.28. The number of rotatable bonds is 7. The number of aliphatic carboxylic acids is 1. The maximum atomic E-state index is 11.7. The van der Waals surface area contributed by atoms with Crippen LogP contribution in [0.3, 0.4) is 0 Å². The minimum absolute atomic E-state index is 0.0199. The molecular weight excluding hydrogens is 312 g/mol. The van der Waals surface area contributed by atoms with Gasteiger partial charge in [-0.05, 0) is 50.5 Å². The van der Waals surface area contributed by atoms with E-state index in [-0.39, 0.29) is 18.2 Å². The Bertz CT molecular complexity index is 654. The molecule has 1 aromatic carbocycles. The molecule has 0 unspecified atom stereocenters. The molecule has 1 aromatic rings. The number of anilines is 1. The molecular formula is C17H22N2O5. The Morgan fingerprint density at radius 2 is 2.08 bits per heavy atom. The Morgan fingerprint density at radius 1 is 1.33 bits per heavy atom. The fourth-order valence-electron chi connectivity index (χ4n) is 2.34. The summed E-state index contributed by atoms with van der Waals surface area (Å²) in [6, 6.07) is 5.48. The van der Waals surface area contributed by atoms with Crippen molar-refractivity contribution in [1.82, 2.24) is 5.32 Å². The van der Waals surface area contributed by atoms with Crippen LogP contribution in [0, 0.1) is 0 Å². The van der Waals surface area contributed by atoms with Crippen molar-refractivity contribution in [2.24, 2.45) is 0 Å². The number of carbonyl (C=O) groups excluding carboxylic acids is 2. The van der Waals surface area contributed by atoms with Crippen molar-refractivity contribution < 1.29 is 24.2 Å². The highest BCUT2D eigenvalue weighted by atomic mass is 16.5. The van der Waals surface area contributed by atoms with E-state index in [9.17, 15) is 14.4 Å². The topological polar surface area (TPSA) is 105 Å². The molecule has 0 saturated carbocycles. The van der Waals surface area contributed by atoms with E-state index in [4.69, 9.17) is 9.84 Å². The number of carbonyl (C=O) groups is 3. The predicted molar refractivity (Wildman–Crippen MR) is 88.0 cm³/mol. The lowest BCUT2D eigenvalue weighted by Gasteiger charge is -2.21. The number of ether oxygens (including phenoxy) is 1. The quantitative estimate of drug-likeness (QED) is 0.658. The number of carboxylic acid groups (broad SMARTS) is 1. The summed E-state index contributed by atoms with van der Waals surface area (Å²) in [5.41, 5.74) is 0.572. The summed E-state index contributed by atoms with van der Waals surface area (Å²) in [6.45, 7) is 3.23. The lowest BCUT2D eigenvalue weighted by Crippen LogP contribution is -2.49. The van der Waals surface area contributed by atoms with Gasteiger partial charge < -0.3 is 20.5 Å². The van der Waals surface area contributed by atoms with Crippen molar-refractivity contribution in [2.45, 2.75) is 45.1 Å². The zero-order valence-electron chi connectivity index (χ0n) is 13.8. The predicted octanol–water partition coefficient (Wildman–Crippen LogP) is 1.71. The van der Waals surface area contributed by atoms with E-state index in [1.54, 1.807) is 6.07 Å². The first-order valence-electron chi connectivity index (χ1n) is 7.88. The Hall–Kier alpha value is -2.57. The molecule has 2 rings (SSSR count). The summed E-state index contributed by atoms with van der Waals surface area (Å²) in [7, 11) is 0. The first-order chi connectivity index (χ1) is 11.3. The van der Waals surface area contributed by atoms with Crippen molar-refractivity contribution in [3.8, 4) is 5.75 Å². The highest BCUT2D eigenvalue weighted by molar-refractivity contribution is 5.94. The number of hydrogen-bond acceptors (Lipinski definition) is 4. The first kappa shape index (κ1) is 17.8. The van der Waals surface area contributed by atoms with Gasteiger partial charge in [-0.1, -0.05) is 0 Å². The average Bonchev–Trinajstić information content (AvgIpc) is 2.51. The third-order valence-electron chi connectivity index (χ3n) is 3.78. The Labute approximate surface area is 140 Å². The van der Waals surface area contributed by atoms with Gasteiger partial charge in [0, 0.05) is 18.5 Å². The van der Waals surface area contributed by atoms with E-state index in [0.29, 0.717) is 31.6 Å². The second-order valence-corrected chi connectivity index (χ2v) is 6.30. The molecule has 2 amide bonds. The number of aryl methyl sites for hydroxylation is 1.